The number of hydrogen-bond acceptors (Lipinski definition) is 3. The van der Waals surface area contributed by atoms with Crippen LogP contribution in [0.4, 0.5) is 5.69 Å². The lowest BCUT2D eigenvalue weighted by Crippen LogP contribution is -2.36. The molecule has 1 aliphatic carbocycles. The molecule has 0 amide bonds. The van der Waals surface area contributed by atoms with E-state index in [4.69, 9.17) is 11.5 Å². The fraction of sp³-hybridized carbons (Fsp3) is 0.600. The second-order valence-corrected chi connectivity index (χ2v) is 5.33. The van der Waals surface area contributed by atoms with Gasteiger partial charge in [0.2, 0.25) is 0 Å². The van der Waals surface area contributed by atoms with Gasteiger partial charge >= 0.3 is 0 Å². The van der Waals surface area contributed by atoms with Crippen LogP contribution >= 0.6 is 0 Å². The monoisotopic (exact) mass is 247 g/mol. The minimum absolute atomic E-state index is 0.0306. The van der Waals surface area contributed by atoms with Gasteiger partial charge < -0.3 is 16.8 Å². The summed E-state index contributed by atoms with van der Waals surface area (Å²) >= 11 is 0. The Balaban J connectivity index is 1.88. The Morgan fingerprint density at radius 3 is 2.39 bits per heavy atom. The molecule has 1 fully saturated rings. The molecular weight excluding hydrogens is 222 g/mol. The Labute approximate surface area is 110 Å². The number of rotatable bonds is 5. The molecule has 0 saturated heterocycles. The van der Waals surface area contributed by atoms with Gasteiger partial charge in [-0.05, 0) is 36.5 Å². The van der Waals surface area contributed by atoms with Crippen molar-refractivity contribution in [1.82, 2.24) is 0 Å². The maximum absolute atomic E-state index is 5.78. The molecule has 0 radical (unpaired) electrons. The van der Waals surface area contributed by atoms with Crippen LogP contribution in [-0.4, -0.2) is 19.1 Å². The SMILES string of the molecule is NCC(N)CNc1ccc(C2CCCCC2)cc1. The van der Waals surface area contributed by atoms with Crippen LogP contribution in [0, 0.1) is 0 Å². The zero-order valence-corrected chi connectivity index (χ0v) is 11.1. The average molecular weight is 247 g/mol. The van der Waals surface area contributed by atoms with E-state index >= 15 is 0 Å². The van der Waals surface area contributed by atoms with Crippen molar-refractivity contribution < 1.29 is 0 Å². The molecule has 2 rings (SSSR count). The van der Waals surface area contributed by atoms with Gasteiger partial charge in [0.05, 0.1) is 0 Å². The molecule has 1 saturated carbocycles. The molecule has 1 aromatic carbocycles. The Kier molecular flexibility index (Phi) is 5.02. The van der Waals surface area contributed by atoms with Crippen molar-refractivity contribution in [2.45, 2.75) is 44.1 Å². The molecule has 0 heterocycles. The number of nitrogens with one attached hydrogen (secondary N) is 1. The van der Waals surface area contributed by atoms with E-state index in [1.807, 2.05) is 0 Å². The predicted molar refractivity (Wildman–Crippen MR) is 77.8 cm³/mol. The van der Waals surface area contributed by atoms with Gasteiger partial charge in [-0.2, -0.15) is 0 Å². The Hall–Kier alpha value is -1.06. The summed E-state index contributed by atoms with van der Waals surface area (Å²) in [6, 6.07) is 8.86. The molecule has 1 aromatic rings. The molecule has 1 aliphatic rings. The number of nitrogens with two attached hydrogens (primary N) is 2. The topological polar surface area (TPSA) is 64.1 Å². The van der Waals surface area contributed by atoms with Crippen LogP contribution in [0.3, 0.4) is 0 Å². The van der Waals surface area contributed by atoms with Crippen molar-refractivity contribution in [3.8, 4) is 0 Å². The number of anilines is 1. The van der Waals surface area contributed by atoms with Gasteiger partial charge in [0.1, 0.15) is 0 Å². The third-order valence-electron chi connectivity index (χ3n) is 3.86. The Morgan fingerprint density at radius 2 is 1.78 bits per heavy atom. The van der Waals surface area contributed by atoms with Crippen LogP contribution in [0.2, 0.25) is 0 Å². The van der Waals surface area contributed by atoms with E-state index in [1.54, 1.807) is 0 Å². The van der Waals surface area contributed by atoms with Gasteiger partial charge in [0.25, 0.3) is 0 Å². The number of benzene rings is 1. The van der Waals surface area contributed by atoms with E-state index in [0.717, 1.165) is 18.2 Å². The average Bonchev–Trinajstić information content (AvgIpc) is 2.46. The highest BCUT2D eigenvalue weighted by atomic mass is 14.9. The third kappa shape index (κ3) is 3.72. The first-order chi connectivity index (χ1) is 8.79. The van der Waals surface area contributed by atoms with Crippen molar-refractivity contribution >= 4 is 5.69 Å². The fourth-order valence-corrected chi connectivity index (χ4v) is 2.64. The van der Waals surface area contributed by atoms with Crippen LogP contribution in [0.1, 0.15) is 43.6 Å². The van der Waals surface area contributed by atoms with Gasteiger partial charge in [-0.25, -0.2) is 0 Å². The first-order valence-corrected chi connectivity index (χ1v) is 7.09. The summed E-state index contributed by atoms with van der Waals surface area (Å²) in [6.45, 7) is 1.26. The van der Waals surface area contributed by atoms with E-state index < -0.39 is 0 Å². The lowest BCUT2D eigenvalue weighted by atomic mass is 9.84. The molecular formula is C15H25N3. The summed E-state index contributed by atoms with van der Waals surface area (Å²) in [4.78, 5) is 0. The summed E-state index contributed by atoms with van der Waals surface area (Å²) in [5.74, 6) is 0.777. The molecule has 0 aliphatic heterocycles. The minimum Gasteiger partial charge on any atom is -0.383 e. The van der Waals surface area contributed by atoms with Crippen LogP contribution in [0.15, 0.2) is 24.3 Å². The van der Waals surface area contributed by atoms with E-state index in [9.17, 15) is 0 Å². The van der Waals surface area contributed by atoms with Crippen LogP contribution < -0.4 is 16.8 Å². The fourth-order valence-electron chi connectivity index (χ4n) is 2.64. The molecule has 0 aromatic heterocycles. The first-order valence-electron chi connectivity index (χ1n) is 7.09. The Morgan fingerprint density at radius 1 is 1.11 bits per heavy atom. The normalized spacial score (nSPS) is 18.6. The van der Waals surface area contributed by atoms with E-state index in [-0.39, 0.29) is 6.04 Å². The molecule has 5 N–H and O–H groups in total. The first kappa shape index (κ1) is 13.4. The quantitative estimate of drug-likeness (QED) is 0.749. The summed E-state index contributed by atoms with van der Waals surface area (Å²) in [7, 11) is 0. The molecule has 1 unspecified atom stereocenters. The highest BCUT2D eigenvalue weighted by molar-refractivity contribution is 5.45. The second kappa shape index (κ2) is 6.76. The summed E-state index contributed by atoms with van der Waals surface area (Å²) in [6.07, 6.45) is 6.88. The summed E-state index contributed by atoms with van der Waals surface area (Å²) < 4.78 is 0. The lowest BCUT2D eigenvalue weighted by molar-refractivity contribution is 0.443. The van der Waals surface area contributed by atoms with Crippen LogP contribution in [0.25, 0.3) is 0 Å². The predicted octanol–water partition coefficient (Wildman–Crippen LogP) is 2.43. The van der Waals surface area contributed by atoms with Crippen molar-refractivity contribution in [2.75, 3.05) is 18.4 Å². The maximum atomic E-state index is 5.78. The summed E-state index contributed by atoms with van der Waals surface area (Å²) in [5.41, 5.74) is 13.9. The molecule has 0 spiro atoms. The maximum Gasteiger partial charge on any atom is 0.0340 e. The summed E-state index contributed by atoms with van der Waals surface area (Å²) in [5, 5.41) is 3.32. The van der Waals surface area contributed by atoms with E-state index in [0.29, 0.717) is 6.54 Å². The van der Waals surface area contributed by atoms with Crippen molar-refractivity contribution in [1.29, 1.82) is 0 Å². The van der Waals surface area contributed by atoms with Gasteiger partial charge in [0.15, 0.2) is 0 Å². The molecule has 3 heteroatoms. The van der Waals surface area contributed by atoms with Crippen molar-refractivity contribution in [3.05, 3.63) is 29.8 Å². The zero-order valence-electron chi connectivity index (χ0n) is 11.1. The smallest absolute Gasteiger partial charge is 0.0340 e. The molecule has 0 bridgehead atoms. The highest BCUT2D eigenvalue weighted by Gasteiger charge is 2.14. The van der Waals surface area contributed by atoms with Gasteiger partial charge in [-0.1, -0.05) is 31.4 Å². The van der Waals surface area contributed by atoms with E-state index in [1.165, 1.54) is 37.7 Å². The van der Waals surface area contributed by atoms with Gasteiger partial charge in [0, 0.05) is 24.8 Å². The van der Waals surface area contributed by atoms with Gasteiger partial charge in [-0.15, -0.1) is 0 Å². The highest BCUT2D eigenvalue weighted by Crippen LogP contribution is 2.32. The largest absolute Gasteiger partial charge is 0.383 e. The van der Waals surface area contributed by atoms with Crippen LogP contribution in [-0.2, 0) is 0 Å². The van der Waals surface area contributed by atoms with E-state index in [2.05, 4.69) is 29.6 Å². The van der Waals surface area contributed by atoms with Crippen molar-refractivity contribution in [3.63, 3.8) is 0 Å². The second-order valence-electron chi connectivity index (χ2n) is 5.33. The zero-order chi connectivity index (χ0) is 12.8. The lowest BCUT2D eigenvalue weighted by Gasteiger charge is -2.22. The number of hydrogen-bond donors (Lipinski definition) is 3. The molecule has 1 atom stereocenters. The molecule has 3 nitrogen and oxygen atoms in total. The molecule has 100 valence electrons. The molecule has 18 heavy (non-hydrogen) atoms. The van der Waals surface area contributed by atoms with Crippen LogP contribution in [0.5, 0.6) is 0 Å². The standard InChI is InChI=1S/C15H25N3/c16-10-14(17)11-18-15-8-6-13(7-9-15)12-4-2-1-3-5-12/h6-9,12,14,18H,1-5,10-11,16-17H2. The van der Waals surface area contributed by atoms with Gasteiger partial charge in [-0.3, -0.25) is 0 Å². The third-order valence-corrected chi connectivity index (χ3v) is 3.86. The minimum atomic E-state index is 0.0306. The Bertz CT molecular complexity index is 341. The van der Waals surface area contributed by atoms with Crippen molar-refractivity contribution in [2.24, 2.45) is 11.5 Å².